The zero-order valence-electron chi connectivity index (χ0n) is 14.1. The molecule has 0 atom stereocenters. The summed E-state index contributed by atoms with van der Waals surface area (Å²) in [6, 6.07) is 8.07. The fourth-order valence-corrected chi connectivity index (χ4v) is 3.21. The van der Waals surface area contributed by atoms with E-state index < -0.39 is 0 Å². The minimum atomic E-state index is -0.106. The number of carbonyl (C=O) groups is 2. The van der Waals surface area contributed by atoms with Gasteiger partial charge in [-0.2, -0.15) is 0 Å². The predicted molar refractivity (Wildman–Crippen MR) is 97.3 cm³/mol. The van der Waals surface area contributed by atoms with E-state index in [9.17, 15) is 9.59 Å². The van der Waals surface area contributed by atoms with Crippen LogP contribution in [0.3, 0.4) is 0 Å². The Kier molecular flexibility index (Phi) is 8.79. The van der Waals surface area contributed by atoms with Crippen LogP contribution < -0.4 is 11.1 Å². The van der Waals surface area contributed by atoms with Crippen molar-refractivity contribution in [2.45, 2.75) is 44.4 Å². The monoisotopic (exact) mass is 354 g/mol. The Labute approximate surface area is 149 Å². The molecular weight excluding hydrogens is 328 g/mol. The number of nitrogens with two attached hydrogens (primary N) is 1. The van der Waals surface area contributed by atoms with Gasteiger partial charge in [-0.25, -0.2) is 0 Å². The van der Waals surface area contributed by atoms with Gasteiger partial charge in [-0.3, -0.25) is 9.59 Å². The lowest BCUT2D eigenvalue weighted by molar-refractivity contribution is -0.142. The van der Waals surface area contributed by atoms with Crippen molar-refractivity contribution in [3.63, 3.8) is 0 Å². The summed E-state index contributed by atoms with van der Waals surface area (Å²) in [6.45, 7) is 0.360. The van der Waals surface area contributed by atoms with Gasteiger partial charge in [0.05, 0.1) is 7.11 Å². The summed E-state index contributed by atoms with van der Waals surface area (Å²) < 4.78 is 4.75. The number of hydrogen-bond acceptors (Lipinski definition) is 4. The van der Waals surface area contributed by atoms with E-state index in [0.717, 1.165) is 31.4 Å². The first-order valence-corrected chi connectivity index (χ1v) is 8.29. The third kappa shape index (κ3) is 6.13. The molecule has 1 amide bonds. The Morgan fingerprint density at radius 3 is 2.33 bits per heavy atom. The Morgan fingerprint density at radius 2 is 1.79 bits per heavy atom. The molecule has 0 unspecified atom stereocenters. The highest BCUT2D eigenvalue weighted by molar-refractivity contribution is 5.90. The Balaban J connectivity index is 0.00000288. The van der Waals surface area contributed by atoms with Crippen LogP contribution in [0.4, 0.5) is 5.69 Å². The summed E-state index contributed by atoms with van der Waals surface area (Å²) in [5.41, 5.74) is 7.48. The smallest absolute Gasteiger partial charge is 0.305 e. The molecule has 1 aliphatic carbocycles. The molecule has 3 N–H and O–H groups in total. The molecule has 2 rings (SSSR count). The van der Waals surface area contributed by atoms with Crippen molar-refractivity contribution in [2.24, 2.45) is 11.7 Å². The molecule has 5 nitrogen and oxygen atoms in total. The Morgan fingerprint density at radius 1 is 1.17 bits per heavy atom. The fourth-order valence-electron chi connectivity index (χ4n) is 3.21. The van der Waals surface area contributed by atoms with Crippen molar-refractivity contribution in [3.05, 3.63) is 29.8 Å². The van der Waals surface area contributed by atoms with Crippen LogP contribution in [-0.2, 0) is 14.3 Å². The number of hydrogen-bond donors (Lipinski definition) is 2. The van der Waals surface area contributed by atoms with Gasteiger partial charge >= 0.3 is 5.97 Å². The molecule has 0 aromatic heterocycles. The van der Waals surface area contributed by atoms with E-state index in [1.54, 1.807) is 0 Å². The van der Waals surface area contributed by atoms with Crippen LogP contribution in [0.5, 0.6) is 0 Å². The second-order valence-corrected chi connectivity index (χ2v) is 6.21. The lowest BCUT2D eigenvalue weighted by Crippen LogP contribution is -2.17. The van der Waals surface area contributed by atoms with E-state index in [1.165, 1.54) is 12.7 Å². The maximum absolute atomic E-state index is 11.5. The Bertz CT molecular complexity index is 526. The summed E-state index contributed by atoms with van der Waals surface area (Å²) in [5, 5.41) is 2.84. The van der Waals surface area contributed by atoms with Crippen molar-refractivity contribution in [2.75, 3.05) is 19.0 Å². The summed E-state index contributed by atoms with van der Waals surface area (Å²) >= 11 is 0. The fraction of sp³-hybridized carbons (Fsp3) is 0.556. The predicted octanol–water partition coefficient (Wildman–Crippen LogP) is 3.23. The highest BCUT2D eigenvalue weighted by Gasteiger charge is 2.24. The zero-order chi connectivity index (χ0) is 16.7. The number of anilines is 1. The molecule has 24 heavy (non-hydrogen) atoms. The SMILES string of the molecule is COC(=O)CC1CCC(c2ccc(NC(=O)CCN)cc2)CC1.Cl. The van der Waals surface area contributed by atoms with Gasteiger partial charge in [-0.05, 0) is 55.2 Å². The number of methoxy groups -OCH3 is 1. The summed E-state index contributed by atoms with van der Waals surface area (Å²) in [7, 11) is 1.45. The number of ether oxygens (including phenoxy) is 1. The van der Waals surface area contributed by atoms with Crippen LogP contribution in [0.15, 0.2) is 24.3 Å². The van der Waals surface area contributed by atoms with Crippen molar-refractivity contribution in [1.82, 2.24) is 0 Å². The van der Waals surface area contributed by atoms with Crippen LogP contribution in [0.25, 0.3) is 0 Å². The second-order valence-electron chi connectivity index (χ2n) is 6.21. The van der Waals surface area contributed by atoms with Crippen molar-refractivity contribution < 1.29 is 14.3 Å². The lowest BCUT2D eigenvalue weighted by Gasteiger charge is -2.28. The zero-order valence-corrected chi connectivity index (χ0v) is 14.9. The standard InChI is InChI=1S/C18H26N2O3.ClH/c1-23-18(22)12-13-2-4-14(5-3-13)15-6-8-16(9-7-15)20-17(21)10-11-19;/h6-9,13-14H,2-5,10-12,19H2,1H3,(H,20,21);1H. The average Bonchev–Trinajstić information content (AvgIpc) is 2.56. The highest BCUT2D eigenvalue weighted by Crippen LogP contribution is 2.37. The number of amides is 1. The van der Waals surface area contributed by atoms with Crippen molar-refractivity contribution in [3.8, 4) is 0 Å². The normalized spacial score (nSPS) is 19.9. The van der Waals surface area contributed by atoms with Crippen LogP contribution in [0.2, 0.25) is 0 Å². The van der Waals surface area contributed by atoms with Crippen molar-refractivity contribution in [1.29, 1.82) is 0 Å². The summed E-state index contributed by atoms with van der Waals surface area (Å²) in [5.74, 6) is 0.834. The van der Waals surface area contributed by atoms with Crippen LogP contribution in [0, 0.1) is 5.92 Å². The number of carbonyl (C=O) groups excluding carboxylic acids is 2. The molecule has 0 radical (unpaired) electrons. The topological polar surface area (TPSA) is 81.4 Å². The maximum atomic E-state index is 11.5. The van der Waals surface area contributed by atoms with Gasteiger partial charge in [-0.1, -0.05) is 12.1 Å². The van der Waals surface area contributed by atoms with Gasteiger partial charge in [0.1, 0.15) is 0 Å². The second kappa shape index (κ2) is 10.3. The van der Waals surface area contributed by atoms with E-state index in [2.05, 4.69) is 17.4 Å². The molecule has 0 aliphatic heterocycles. The molecule has 0 saturated heterocycles. The van der Waals surface area contributed by atoms with Gasteiger partial charge in [0.15, 0.2) is 0 Å². The van der Waals surface area contributed by atoms with E-state index in [4.69, 9.17) is 10.5 Å². The third-order valence-electron chi connectivity index (χ3n) is 4.57. The summed E-state index contributed by atoms with van der Waals surface area (Å²) in [4.78, 5) is 22.9. The van der Waals surface area contributed by atoms with Crippen LogP contribution >= 0.6 is 12.4 Å². The lowest BCUT2D eigenvalue weighted by atomic mass is 9.77. The van der Waals surface area contributed by atoms with E-state index in [-0.39, 0.29) is 24.3 Å². The number of benzene rings is 1. The first kappa shape index (κ1) is 20.5. The first-order chi connectivity index (χ1) is 11.1. The summed E-state index contributed by atoms with van der Waals surface area (Å²) in [6.07, 6.45) is 5.20. The number of nitrogens with one attached hydrogen (secondary N) is 1. The van der Waals surface area contributed by atoms with E-state index >= 15 is 0 Å². The Hall–Kier alpha value is -1.59. The molecule has 1 aromatic carbocycles. The molecule has 1 aromatic rings. The minimum absolute atomic E-state index is 0. The highest BCUT2D eigenvalue weighted by atomic mass is 35.5. The van der Waals surface area contributed by atoms with Gasteiger partial charge in [0, 0.05) is 25.1 Å². The largest absolute Gasteiger partial charge is 0.469 e. The van der Waals surface area contributed by atoms with Gasteiger partial charge < -0.3 is 15.8 Å². The quantitative estimate of drug-likeness (QED) is 0.768. The minimum Gasteiger partial charge on any atom is -0.469 e. The van der Waals surface area contributed by atoms with Crippen LogP contribution in [-0.4, -0.2) is 25.5 Å². The molecule has 1 fully saturated rings. The molecule has 6 heteroatoms. The average molecular weight is 355 g/mol. The first-order valence-electron chi connectivity index (χ1n) is 8.29. The number of halogens is 1. The van der Waals surface area contributed by atoms with E-state index in [0.29, 0.717) is 31.2 Å². The van der Waals surface area contributed by atoms with Crippen molar-refractivity contribution >= 4 is 30.0 Å². The van der Waals surface area contributed by atoms with Crippen LogP contribution in [0.1, 0.15) is 50.0 Å². The number of esters is 1. The van der Waals surface area contributed by atoms with E-state index in [1.807, 2.05) is 12.1 Å². The molecule has 1 saturated carbocycles. The molecule has 1 aliphatic rings. The molecule has 0 bridgehead atoms. The molecule has 134 valence electrons. The maximum Gasteiger partial charge on any atom is 0.305 e. The van der Waals surface area contributed by atoms with Gasteiger partial charge in [0.25, 0.3) is 0 Å². The molecule has 0 heterocycles. The third-order valence-corrected chi connectivity index (χ3v) is 4.57. The molecular formula is C18H27ClN2O3. The van der Waals surface area contributed by atoms with Gasteiger partial charge in [0.2, 0.25) is 5.91 Å². The number of rotatable bonds is 6. The van der Waals surface area contributed by atoms with Gasteiger partial charge in [-0.15, -0.1) is 12.4 Å². The molecule has 0 spiro atoms.